The fourth-order valence-electron chi connectivity index (χ4n) is 2.18. The van der Waals surface area contributed by atoms with Gasteiger partial charge in [0.1, 0.15) is 17.2 Å². The number of rotatable bonds is 6. The standard InChI is InChI=1S/C17H20O4/c1-12(19)17-15(20-2)4-3-5-16(17)21-14-8-6-13(7-9-14)10-11-18/h3-9,12,18-19H,10-11H2,1-2H3. The van der Waals surface area contributed by atoms with Gasteiger partial charge in [0.05, 0.1) is 18.8 Å². The summed E-state index contributed by atoms with van der Waals surface area (Å²) in [4.78, 5) is 0. The highest BCUT2D eigenvalue weighted by Crippen LogP contribution is 2.36. The summed E-state index contributed by atoms with van der Waals surface area (Å²) in [5.41, 5.74) is 1.67. The lowest BCUT2D eigenvalue weighted by Gasteiger charge is -2.16. The molecule has 2 aromatic carbocycles. The summed E-state index contributed by atoms with van der Waals surface area (Å²) in [7, 11) is 1.56. The van der Waals surface area contributed by atoms with Crippen LogP contribution in [0.25, 0.3) is 0 Å². The van der Waals surface area contributed by atoms with E-state index < -0.39 is 6.10 Å². The first-order valence-corrected chi connectivity index (χ1v) is 6.88. The predicted molar refractivity (Wildman–Crippen MR) is 80.9 cm³/mol. The zero-order valence-electron chi connectivity index (χ0n) is 12.2. The van der Waals surface area contributed by atoms with Crippen LogP contribution in [0.2, 0.25) is 0 Å². The van der Waals surface area contributed by atoms with E-state index in [1.807, 2.05) is 30.3 Å². The molecule has 4 heteroatoms. The van der Waals surface area contributed by atoms with E-state index in [0.29, 0.717) is 29.2 Å². The third-order valence-corrected chi connectivity index (χ3v) is 3.22. The molecule has 2 N–H and O–H groups in total. The van der Waals surface area contributed by atoms with Gasteiger partial charge in [-0.15, -0.1) is 0 Å². The molecule has 0 spiro atoms. The molecule has 21 heavy (non-hydrogen) atoms. The van der Waals surface area contributed by atoms with Gasteiger partial charge in [-0.1, -0.05) is 18.2 Å². The van der Waals surface area contributed by atoms with E-state index in [4.69, 9.17) is 14.6 Å². The van der Waals surface area contributed by atoms with Crippen LogP contribution in [0.5, 0.6) is 17.2 Å². The largest absolute Gasteiger partial charge is 0.496 e. The predicted octanol–water partition coefficient (Wildman–Crippen LogP) is 3.08. The van der Waals surface area contributed by atoms with Crippen LogP contribution in [0, 0.1) is 0 Å². The van der Waals surface area contributed by atoms with Crippen molar-refractivity contribution in [2.75, 3.05) is 13.7 Å². The normalized spacial score (nSPS) is 12.0. The summed E-state index contributed by atoms with van der Waals surface area (Å²) in [6.07, 6.45) is -0.0666. The maximum absolute atomic E-state index is 9.92. The molecule has 2 aromatic rings. The molecule has 0 saturated heterocycles. The Hall–Kier alpha value is -2.04. The van der Waals surface area contributed by atoms with Crippen LogP contribution in [-0.4, -0.2) is 23.9 Å². The van der Waals surface area contributed by atoms with Crippen LogP contribution >= 0.6 is 0 Å². The number of hydrogen-bond donors (Lipinski definition) is 2. The van der Waals surface area contributed by atoms with Gasteiger partial charge in [-0.3, -0.25) is 0 Å². The number of methoxy groups -OCH3 is 1. The Kier molecular flexibility index (Phi) is 5.20. The minimum Gasteiger partial charge on any atom is -0.496 e. The van der Waals surface area contributed by atoms with E-state index in [1.165, 1.54) is 0 Å². The smallest absolute Gasteiger partial charge is 0.136 e. The third kappa shape index (κ3) is 3.74. The van der Waals surface area contributed by atoms with Gasteiger partial charge in [-0.2, -0.15) is 0 Å². The van der Waals surface area contributed by atoms with E-state index in [0.717, 1.165) is 5.56 Å². The van der Waals surface area contributed by atoms with Gasteiger partial charge >= 0.3 is 0 Å². The lowest BCUT2D eigenvalue weighted by Crippen LogP contribution is -2.00. The lowest BCUT2D eigenvalue weighted by molar-refractivity contribution is 0.190. The summed E-state index contributed by atoms with van der Waals surface area (Å²) in [5.74, 6) is 1.84. The molecule has 0 amide bonds. The molecule has 0 aliphatic carbocycles. The van der Waals surface area contributed by atoms with E-state index in [-0.39, 0.29) is 6.61 Å². The summed E-state index contributed by atoms with van der Waals surface area (Å²) < 4.78 is 11.1. The molecule has 0 aromatic heterocycles. The first-order valence-electron chi connectivity index (χ1n) is 6.88. The molecule has 0 saturated carbocycles. The zero-order chi connectivity index (χ0) is 15.2. The molecule has 0 aliphatic heterocycles. The van der Waals surface area contributed by atoms with Gasteiger partial charge in [0.25, 0.3) is 0 Å². The highest BCUT2D eigenvalue weighted by Gasteiger charge is 2.15. The first-order chi connectivity index (χ1) is 10.2. The van der Waals surface area contributed by atoms with E-state index in [2.05, 4.69) is 0 Å². The van der Waals surface area contributed by atoms with Crippen LogP contribution in [0.1, 0.15) is 24.2 Å². The molecule has 0 bridgehead atoms. The Labute approximate surface area is 124 Å². The summed E-state index contributed by atoms with van der Waals surface area (Å²) in [6, 6.07) is 12.9. The second kappa shape index (κ2) is 7.11. The van der Waals surface area contributed by atoms with Gasteiger partial charge in [0.2, 0.25) is 0 Å². The molecule has 0 fully saturated rings. The van der Waals surface area contributed by atoms with Gasteiger partial charge in [0.15, 0.2) is 0 Å². The van der Waals surface area contributed by atoms with Crippen molar-refractivity contribution in [3.8, 4) is 17.2 Å². The fraction of sp³-hybridized carbons (Fsp3) is 0.294. The number of aliphatic hydroxyl groups is 2. The van der Waals surface area contributed by atoms with E-state index in [1.54, 1.807) is 26.2 Å². The molecular weight excluding hydrogens is 268 g/mol. The topological polar surface area (TPSA) is 58.9 Å². The first kappa shape index (κ1) is 15.4. The zero-order valence-corrected chi connectivity index (χ0v) is 12.2. The number of aliphatic hydroxyl groups excluding tert-OH is 2. The SMILES string of the molecule is COc1cccc(Oc2ccc(CCO)cc2)c1C(C)O. The Balaban J connectivity index is 2.26. The molecule has 0 heterocycles. The van der Waals surface area contributed by atoms with Crippen molar-refractivity contribution in [1.82, 2.24) is 0 Å². The average molecular weight is 288 g/mol. The number of benzene rings is 2. The number of ether oxygens (including phenoxy) is 2. The van der Waals surface area contributed by atoms with E-state index >= 15 is 0 Å². The van der Waals surface area contributed by atoms with Crippen LogP contribution in [-0.2, 0) is 6.42 Å². The molecule has 0 radical (unpaired) electrons. The van der Waals surface area contributed by atoms with Crippen LogP contribution in [0.15, 0.2) is 42.5 Å². The maximum Gasteiger partial charge on any atom is 0.136 e. The highest BCUT2D eigenvalue weighted by molar-refractivity contribution is 5.48. The van der Waals surface area contributed by atoms with E-state index in [9.17, 15) is 5.11 Å². The van der Waals surface area contributed by atoms with Crippen molar-refractivity contribution < 1.29 is 19.7 Å². The Morgan fingerprint density at radius 3 is 2.29 bits per heavy atom. The molecule has 1 atom stereocenters. The quantitative estimate of drug-likeness (QED) is 0.857. The summed E-state index contributed by atoms with van der Waals surface area (Å²) >= 11 is 0. The number of hydrogen-bond acceptors (Lipinski definition) is 4. The van der Waals surface area contributed by atoms with Crippen molar-refractivity contribution in [3.63, 3.8) is 0 Å². The molecule has 0 aliphatic rings. The second-order valence-electron chi connectivity index (χ2n) is 4.77. The van der Waals surface area contributed by atoms with Gasteiger partial charge in [-0.25, -0.2) is 0 Å². The van der Waals surface area contributed by atoms with Gasteiger partial charge < -0.3 is 19.7 Å². The minimum atomic E-state index is -0.690. The monoisotopic (exact) mass is 288 g/mol. The second-order valence-corrected chi connectivity index (χ2v) is 4.77. The average Bonchev–Trinajstić information content (AvgIpc) is 2.49. The molecule has 1 unspecified atom stereocenters. The molecule has 4 nitrogen and oxygen atoms in total. The van der Waals surface area contributed by atoms with Crippen LogP contribution in [0.4, 0.5) is 0 Å². The van der Waals surface area contributed by atoms with Crippen molar-refractivity contribution >= 4 is 0 Å². The molecular formula is C17H20O4. The fourth-order valence-corrected chi connectivity index (χ4v) is 2.18. The van der Waals surface area contributed by atoms with Crippen molar-refractivity contribution in [3.05, 3.63) is 53.6 Å². The minimum absolute atomic E-state index is 0.127. The Morgan fingerprint density at radius 1 is 1.05 bits per heavy atom. The maximum atomic E-state index is 9.92. The third-order valence-electron chi connectivity index (χ3n) is 3.22. The van der Waals surface area contributed by atoms with Crippen LogP contribution in [0.3, 0.4) is 0 Å². The van der Waals surface area contributed by atoms with Crippen molar-refractivity contribution in [1.29, 1.82) is 0 Å². The van der Waals surface area contributed by atoms with Crippen molar-refractivity contribution in [2.24, 2.45) is 0 Å². The van der Waals surface area contributed by atoms with Gasteiger partial charge in [0, 0.05) is 6.61 Å². The summed E-state index contributed by atoms with van der Waals surface area (Å²) in [6.45, 7) is 1.80. The van der Waals surface area contributed by atoms with Gasteiger partial charge in [-0.05, 0) is 43.2 Å². The molecule has 112 valence electrons. The Bertz CT molecular complexity index is 576. The van der Waals surface area contributed by atoms with Crippen molar-refractivity contribution in [2.45, 2.75) is 19.4 Å². The highest BCUT2D eigenvalue weighted by atomic mass is 16.5. The Morgan fingerprint density at radius 2 is 1.71 bits per heavy atom. The molecule has 2 rings (SSSR count). The lowest BCUT2D eigenvalue weighted by atomic mass is 10.1. The van der Waals surface area contributed by atoms with Crippen LogP contribution < -0.4 is 9.47 Å². The summed E-state index contributed by atoms with van der Waals surface area (Å²) in [5, 5.41) is 18.8.